The molecule has 1 fully saturated rings. The van der Waals surface area contributed by atoms with Gasteiger partial charge in [-0.2, -0.15) is 0 Å². The monoisotopic (exact) mass is 513 g/mol. The van der Waals surface area contributed by atoms with Crippen LogP contribution >= 0.6 is 11.6 Å². The molecule has 1 aromatic carbocycles. The molecule has 4 heterocycles. The summed E-state index contributed by atoms with van der Waals surface area (Å²) in [7, 11) is 1.53. The van der Waals surface area contributed by atoms with Gasteiger partial charge in [-0.25, -0.2) is 28.7 Å². The lowest BCUT2D eigenvalue weighted by Crippen LogP contribution is -2.31. The van der Waals surface area contributed by atoms with E-state index in [1.54, 1.807) is 26.1 Å². The number of ether oxygens (including phenoxy) is 2. The van der Waals surface area contributed by atoms with Crippen LogP contribution in [0.2, 0.25) is 5.02 Å². The molecule has 186 valence electrons. The topological polar surface area (TPSA) is 92.0 Å². The Morgan fingerprint density at radius 2 is 1.83 bits per heavy atom. The molecule has 3 aromatic heterocycles. The second-order valence-corrected chi connectivity index (χ2v) is 9.05. The van der Waals surface area contributed by atoms with E-state index in [9.17, 15) is 4.79 Å². The molecule has 0 unspecified atom stereocenters. The van der Waals surface area contributed by atoms with Gasteiger partial charge in [0.25, 0.3) is 5.56 Å². The number of aromatic nitrogens is 5. The highest BCUT2D eigenvalue weighted by molar-refractivity contribution is 6.30. The fourth-order valence-corrected chi connectivity index (χ4v) is 4.60. The van der Waals surface area contributed by atoms with Crippen LogP contribution < -0.4 is 10.3 Å². The summed E-state index contributed by atoms with van der Waals surface area (Å²) in [4.78, 5) is 31.4. The second-order valence-electron chi connectivity index (χ2n) is 8.61. The first kappa shape index (κ1) is 24.2. The molecular weight excluding hydrogens is 492 g/mol. The van der Waals surface area contributed by atoms with E-state index in [2.05, 4.69) is 19.9 Å². The van der Waals surface area contributed by atoms with Crippen molar-refractivity contribution in [3.8, 4) is 11.6 Å². The number of rotatable bonds is 4. The van der Waals surface area contributed by atoms with Crippen molar-refractivity contribution in [1.82, 2.24) is 24.5 Å². The average molecular weight is 514 g/mol. The van der Waals surface area contributed by atoms with Crippen LogP contribution in [0.5, 0.6) is 5.88 Å². The molecule has 0 N–H and O–H groups in total. The Kier molecular flexibility index (Phi) is 6.40. The molecule has 0 bridgehead atoms. The predicted molar refractivity (Wildman–Crippen MR) is 129 cm³/mol. The van der Waals surface area contributed by atoms with Crippen molar-refractivity contribution in [2.75, 3.05) is 13.7 Å². The van der Waals surface area contributed by atoms with Gasteiger partial charge in [-0.1, -0.05) is 11.6 Å². The smallest absolute Gasteiger partial charge is 0.279 e. The van der Waals surface area contributed by atoms with E-state index in [0.29, 0.717) is 36.7 Å². The van der Waals surface area contributed by atoms with Gasteiger partial charge in [0.05, 0.1) is 24.6 Å². The minimum absolute atomic E-state index is 0.0329. The zero-order valence-electron chi connectivity index (χ0n) is 19.8. The fraction of sp³-hybridized carbons (Fsp3) is 0.320. The first-order valence-electron chi connectivity index (χ1n) is 11.3. The number of hydrogen-bond acceptors (Lipinski definition) is 7. The predicted octanol–water partition coefficient (Wildman–Crippen LogP) is 4.76. The average Bonchev–Trinajstić information content (AvgIpc) is 2.86. The molecule has 0 amide bonds. The van der Waals surface area contributed by atoms with E-state index in [1.165, 1.54) is 7.11 Å². The molecule has 1 aliphatic heterocycles. The number of halogens is 3. The molecule has 36 heavy (non-hydrogen) atoms. The SMILES string of the molecule is COc1cc([C@H]2C[C@@H](c3nc4nc(C)c(C)nc4n(-c4c(F)cc(Cl)cc4F)c3=O)CCO2)ccn1. The summed E-state index contributed by atoms with van der Waals surface area (Å²) in [5.74, 6) is -1.89. The molecule has 0 spiro atoms. The normalized spacial score (nSPS) is 17.9. The molecule has 1 saturated heterocycles. The van der Waals surface area contributed by atoms with Crippen molar-refractivity contribution in [3.63, 3.8) is 0 Å². The number of benzene rings is 1. The van der Waals surface area contributed by atoms with Crippen LogP contribution in [0.1, 0.15) is 47.5 Å². The van der Waals surface area contributed by atoms with Crippen molar-refractivity contribution in [2.45, 2.75) is 38.7 Å². The van der Waals surface area contributed by atoms with Gasteiger partial charge in [-0.05, 0) is 50.5 Å². The van der Waals surface area contributed by atoms with Gasteiger partial charge < -0.3 is 9.47 Å². The Hall–Kier alpha value is -3.50. The first-order chi connectivity index (χ1) is 17.3. The Morgan fingerprint density at radius 1 is 1.11 bits per heavy atom. The molecule has 4 aromatic rings. The van der Waals surface area contributed by atoms with E-state index in [0.717, 1.165) is 22.3 Å². The van der Waals surface area contributed by atoms with Crippen molar-refractivity contribution >= 4 is 22.9 Å². The van der Waals surface area contributed by atoms with Gasteiger partial charge in [0, 0.05) is 29.8 Å². The number of fused-ring (bicyclic) bond motifs is 1. The van der Waals surface area contributed by atoms with E-state index in [1.807, 2.05) is 6.07 Å². The van der Waals surface area contributed by atoms with Crippen LogP contribution in [0.15, 0.2) is 35.3 Å². The van der Waals surface area contributed by atoms with Crippen LogP contribution in [0.4, 0.5) is 8.78 Å². The lowest BCUT2D eigenvalue weighted by Gasteiger charge is -2.29. The largest absolute Gasteiger partial charge is 0.481 e. The Morgan fingerprint density at radius 3 is 2.56 bits per heavy atom. The number of hydrogen-bond donors (Lipinski definition) is 0. The minimum Gasteiger partial charge on any atom is -0.481 e. The molecule has 2 atom stereocenters. The van der Waals surface area contributed by atoms with Gasteiger partial charge >= 0.3 is 0 Å². The van der Waals surface area contributed by atoms with E-state index < -0.39 is 22.9 Å². The van der Waals surface area contributed by atoms with Gasteiger partial charge in [0.2, 0.25) is 5.88 Å². The molecule has 5 rings (SSSR count). The highest BCUT2D eigenvalue weighted by Gasteiger charge is 2.31. The summed E-state index contributed by atoms with van der Waals surface area (Å²) in [6.07, 6.45) is 2.19. The highest BCUT2D eigenvalue weighted by Crippen LogP contribution is 2.37. The maximum absolute atomic E-state index is 15.0. The number of nitrogens with zero attached hydrogens (tertiary/aromatic N) is 5. The van der Waals surface area contributed by atoms with Crippen molar-refractivity contribution in [1.29, 1.82) is 0 Å². The fourth-order valence-electron chi connectivity index (χ4n) is 4.41. The third-order valence-electron chi connectivity index (χ3n) is 6.35. The zero-order valence-corrected chi connectivity index (χ0v) is 20.5. The van der Waals surface area contributed by atoms with Gasteiger partial charge in [0.15, 0.2) is 22.9 Å². The standard InChI is InChI=1S/C25H22ClF2N5O3/c1-12-13(2)31-24-23(30-12)32-21(25(34)33(24)22-17(27)10-16(26)11-18(22)28)15-5-7-36-19(8-15)14-4-6-29-20(9-14)35-3/h4,6,9-11,15,19H,5,7-8H2,1-3H3/t15-,19+/m0/s1. The summed E-state index contributed by atoms with van der Waals surface area (Å²) in [6, 6.07) is 5.50. The summed E-state index contributed by atoms with van der Waals surface area (Å²) >= 11 is 5.83. The third-order valence-corrected chi connectivity index (χ3v) is 6.57. The zero-order chi connectivity index (χ0) is 25.6. The molecule has 0 radical (unpaired) electrons. The maximum atomic E-state index is 15.0. The lowest BCUT2D eigenvalue weighted by atomic mass is 9.89. The first-order valence-corrected chi connectivity index (χ1v) is 11.7. The molecule has 0 aliphatic carbocycles. The highest BCUT2D eigenvalue weighted by atomic mass is 35.5. The molecule has 1 aliphatic rings. The summed E-state index contributed by atoms with van der Waals surface area (Å²) in [5, 5.41) is -0.126. The Bertz CT molecular complexity index is 1520. The summed E-state index contributed by atoms with van der Waals surface area (Å²) in [6.45, 7) is 3.82. The Balaban J connectivity index is 1.68. The molecule has 11 heteroatoms. The number of aryl methyl sites for hydroxylation is 2. The van der Waals surface area contributed by atoms with E-state index in [-0.39, 0.29) is 34.0 Å². The van der Waals surface area contributed by atoms with Crippen LogP contribution in [0.3, 0.4) is 0 Å². The minimum atomic E-state index is -0.991. The molecule has 8 nitrogen and oxygen atoms in total. The lowest BCUT2D eigenvalue weighted by molar-refractivity contribution is 0.00426. The number of methoxy groups -OCH3 is 1. The maximum Gasteiger partial charge on any atom is 0.279 e. The van der Waals surface area contributed by atoms with Crippen molar-refractivity contribution in [3.05, 3.63) is 80.1 Å². The van der Waals surface area contributed by atoms with Crippen LogP contribution in [-0.2, 0) is 4.74 Å². The Labute approximate surface area is 209 Å². The second kappa shape index (κ2) is 9.51. The quantitative estimate of drug-likeness (QED) is 0.388. The van der Waals surface area contributed by atoms with Gasteiger partial charge in [0.1, 0.15) is 11.4 Å². The third kappa shape index (κ3) is 4.31. The summed E-state index contributed by atoms with van der Waals surface area (Å²) in [5.41, 5.74) is 0.937. The van der Waals surface area contributed by atoms with Crippen LogP contribution in [0, 0.1) is 25.5 Å². The van der Waals surface area contributed by atoms with Gasteiger partial charge in [-0.15, -0.1) is 0 Å². The molecule has 0 saturated carbocycles. The number of pyridine rings is 1. The molecular formula is C25H22ClF2N5O3. The van der Waals surface area contributed by atoms with E-state index in [4.69, 9.17) is 21.1 Å². The van der Waals surface area contributed by atoms with E-state index >= 15 is 8.78 Å². The van der Waals surface area contributed by atoms with Crippen molar-refractivity contribution < 1.29 is 18.3 Å². The van der Waals surface area contributed by atoms with Crippen LogP contribution in [-0.4, -0.2) is 38.2 Å². The summed E-state index contributed by atoms with van der Waals surface area (Å²) < 4.78 is 42.1. The van der Waals surface area contributed by atoms with Gasteiger partial charge in [-0.3, -0.25) is 9.36 Å². The van der Waals surface area contributed by atoms with Crippen LogP contribution in [0.25, 0.3) is 17.0 Å². The van der Waals surface area contributed by atoms with Crippen molar-refractivity contribution in [2.24, 2.45) is 0 Å².